The number of hydrogen-bond acceptors (Lipinski definition) is 2. The van der Waals surface area contributed by atoms with Crippen molar-refractivity contribution >= 4 is 12.6 Å². The van der Waals surface area contributed by atoms with Crippen LogP contribution in [0.3, 0.4) is 0 Å². The Hall–Kier alpha value is -0.920. The second-order valence-corrected chi connectivity index (χ2v) is 6.08. The Morgan fingerprint density at radius 3 is 2.32 bits per heavy atom. The van der Waals surface area contributed by atoms with E-state index < -0.39 is 0 Å². The lowest BCUT2D eigenvalue weighted by atomic mass is 9.78. The Morgan fingerprint density at radius 2 is 1.68 bits per heavy atom. The van der Waals surface area contributed by atoms with Crippen LogP contribution in [0.4, 0.5) is 0 Å². The van der Waals surface area contributed by atoms with Crippen LogP contribution in [-0.2, 0) is 0 Å². The van der Waals surface area contributed by atoms with Crippen LogP contribution in [0.2, 0.25) is 0 Å². The number of hydrogen-bond donors (Lipinski definition) is 0. The molecule has 108 valence electrons. The molecule has 0 fully saturated rings. The fourth-order valence-corrected chi connectivity index (χ4v) is 2.63. The molecule has 1 aliphatic heterocycles. The number of rotatable bonds is 3. The Bertz CT molecular complexity index is 344. The first-order valence-corrected chi connectivity index (χ1v) is 7.91. The van der Waals surface area contributed by atoms with E-state index in [-0.39, 0.29) is 5.41 Å². The molecule has 19 heavy (non-hydrogen) atoms. The number of unbranched alkanes of at least 4 members (excludes halogenated alkanes) is 3. The van der Waals surface area contributed by atoms with Gasteiger partial charge in [-0.15, -0.1) is 0 Å². The molecule has 0 N–H and O–H groups in total. The highest BCUT2D eigenvalue weighted by molar-refractivity contribution is 5.80. The van der Waals surface area contributed by atoms with Crippen LogP contribution in [-0.4, -0.2) is 12.6 Å². The van der Waals surface area contributed by atoms with E-state index >= 15 is 0 Å². The van der Waals surface area contributed by atoms with Gasteiger partial charge in [0.05, 0.1) is 0 Å². The van der Waals surface area contributed by atoms with E-state index in [0.29, 0.717) is 0 Å². The monoisotopic (exact) mass is 262 g/mol. The van der Waals surface area contributed by atoms with Gasteiger partial charge in [0.1, 0.15) is 6.34 Å². The van der Waals surface area contributed by atoms with Gasteiger partial charge in [0, 0.05) is 17.3 Å². The van der Waals surface area contributed by atoms with Crippen LogP contribution in [0.1, 0.15) is 79.1 Å². The van der Waals surface area contributed by atoms with Crippen molar-refractivity contribution in [3.8, 4) is 0 Å². The molecule has 0 aromatic heterocycles. The normalized spacial score (nSPS) is 20.4. The molecule has 1 heterocycles. The highest BCUT2D eigenvalue weighted by Gasteiger charge is 2.27. The smallest absolute Gasteiger partial charge is 0.115 e. The third-order valence-electron chi connectivity index (χ3n) is 3.85. The largest absolute Gasteiger partial charge is 0.248 e. The maximum Gasteiger partial charge on any atom is 0.115 e. The molecule has 0 radical (unpaired) electrons. The van der Waals surface area contributed by atoms with Crippen molar-refractivity contribution in [1.29, 1.82) is 0 Å². The molecule has 2 aliphatic rings. The second-order valence-electron chi connectivity index (χ2n) is 6.08. The number of aliphatic imine (C=N–C) groups is 2. The molecule has 0 aromatic rings. The predicted molar refractivity (Wildman–Crippen MR) is 86.1 cm³/mol. The van der Waals surface area contributed by atoms with Crippen molar-refractivity contribution in [3.63, 3.8) is 0 Å². The zero-order chi connectivity index (χ0) is 14.1. The average Bonchev–Trinajstić information content (AvgIpc) is 2.57. The quantitative estimate of drug-likeness (QED) is 0.597. The van der Waals surface area contributed by atoms with Crippen LogP contribution in [0.5, 0.6) is 0 Å². The van der Waals surface area contributed by atoms with Gasteiger partial charge in [-0.3, -0.25) is 0 Å². The van der Waals surface area contributed by atoms with Gasteiger partial charge in [-0.2, -0.15) is 0 Å². The minimum Gasteiger partial charge on any atom is -0.248 e. The summed E-state index contributed by atoms with van der Waals surface area (Å²) in [5.41, 5.74) is 2.90. The third kappa shape index (κ3) is 5.30. The topological polar surface area (TPSA) is 24.7 Å². The van der Waals surface area contributed by atoms with Crippen molar-refractivity contribution in [2.45, 2.75) is 79.1 Å². The molecule has 2 nitrogen and oxygen atoms in total. The van der Waals surface area contributed by atoms with Gasteiger partial charge in [-0.05, 0) is 31.3 Å². The van der Waals surface area contributed by atoms with Gasteiger partial charge in [0.15, 0.2) is 0 Å². The zero-order valence-electron chi connectivity index (χ0n) is 13.2. The summed E-state index contributed by atoms with van der Waals surface area (Å²) in [5.74, 6) is 0. The molecule has 0 saturated heterocycles. The Labute approximate surface area is 119 Å². The molecule has 0 amide bonds. The minimum absolute atomic E-state index is 0.117. The molecule has 1 aliphatic carbocycles. The molecule has 0 atom stereocenters. The molecule has 2 heteroatoms. The maximum absolute atomic E-state index is 4.40. The van der Waals surface area contributed by atoms with Crippen LogP contribution < -0.4 is 0 Å². The van der Waals surface area contributed by atoms with Gasteiger partial charge in [-0.25, -0.2) is 9.98 Å². The summed E-state index contributed by atoms with van der Waals surface area (Å²) in [6, 6.07) is 0. The fraction of sp³-hybridized carbons (Fsp3) is 0.765. The standard InChI is InChI=1S/C11H16N2.C6H14/c1-11(2)7-12-8-13-10-6-4-3-5-9(10)11;1-3-5-6-4-2/h7-8H,3-6H2,1-2H3;3-6H2,1-2H3. The minimum atomic E-state index is 0.117. The van der Waals surface area contributed by atoms with Gasteiger partial charge in [0.2, 0.25) is 0 Å². The molecular weight excluding hydrogens is 232 g/mol. The molecule has 0 unspecified atom stereocenters. The van der Waals surface area contributed by atoms with Gasteiger partial charge in [0.25, 0.3) is 0 Å². The summed E-state index contributed by atoms with van der Waals surface area (Å²) in [6.07, 6.45) is 14.2. The van der Waals surface area contributed by atoms with E-state index in [4.69, 9.17) is 0 Å². The summed E-state index contributed by atoms with van der Waals surface area (Å²) in [5, 5.41) is 0. The second kappa shape index (κ2) is 8.29. The summed E-state index contributed by atoms with van der Waals surface area (Å²) in [7, 11) is 0. The Balaban J connectivity index is 0.000000258. The maximum atomic E-state index is 4.40. The van der Waals surface area contributed by atoms with E-state index in [2.05, 4.69) is 37.7 Å². The summed E-state index contributed by atoms with van der Waals surface area (Å²) in [4.78, 5) is 8.59. The van der Waals surface area contributed by atoms with Crippen LogP contribution >= 0.6 is 0 Å². The van der Waals surface area contributed by atoms with Crippen molar-refractivity contribution in [3.05, 3.63) is 11.3 Å². The van der Waals surface area contributed by atoms with E-state index in [1.165, 1.54) is 56.2 Å². The number of allylic oxidation sites excluding steroid dienone is 2. The van der Waals surface area contributed by atoms with E-state index in [0.717, 1.165) is 6.42 Å². The fourth-order valence-electron chi connectivity index (χ4n) is 2.63. The summed E-state index contributed by atoms with van der Waals surface area (Å²) >= 11 is 0. The molecule has 0 aromatic carbocycles. The average molecular weight is 262 g/mol. The van der Waals surface area contributed by atoms with Crippen LogP contribution in [0.25, 0.3) is 0 Å². The highest BCUT2D eigenvalue weighted by atomic mass is 14.9. The first-order valence-electron chi connectivity index (χ1n) is 7.91. The van der Waals surface area contributed by atoms with Gasteiger partial charge < -0.3 is 0 Å². The molecule has 0 spiro atoms. The SMILES string of the molecule is CC1(C)C=NC=NC2=C1CCCC2.CCCCCC. The predicted octanol–water partition coefficient (Wildman–Crippen LogP) is 5.54. The first-order chi connectivity index (χ1) is 9.11. The van der Waals surface area contributed by atoms with Crippen LogP contribution in [0, 0.1) is 5.41 Å². The summed E-state index contributed by atoms with van der Waals surface area (Å²) < 4.78 is 0. The van der Waals surface area contributed by atoms with Crippen molar-refractivity contribution < 1.29 is 0 Å². The molecule has 0 bridgehead atoms. The lowest BCUT2D eigenvalue weighted by molar-refractivity contribution is 0.541. The lowest BCUT2D eigenvalue weighted by Crippen LogP contribution is -2.19. The third-order valence-corrected chi connectivity index (χ3v) is 3.85. The van der Waals surface area contributed by atoms with E-state index in [9.17, 15) is 0 Å². The zero-order valence-corrected chi connectivity index (χ0v) is 13.2. The van der Waals surface area contributed by atoms with Gasteiger partial charge in [-0.1, -0.05) is 53.4 Å². The lowest BCUT2D eigenvalue weighted by Gasteiger charge is -2.27. The molecular formula is C17H30N2. The van der Waals surface area contributed by atoms with Gasteiger partial charge >= 0.3 is 0 Å². The van der Waals surface area contributed by atoms with Crippen molar-refractivity contribution in [2.75, 3.05) is 0 Å². The van der Waals surface area contributed by atoms with E-state index in [1.807, 2.05) is 6.21 Å². The summed E-state index contributed by atoms with van der Waals surface area (Å²) in [6.45, 7) is 8.92. The van der Waals surface area contributed by atoms with E-state index in [1.54, 1.807) is 6.34 Å². The van der Waals surface area contributed by atoms with Crippen molar-refractivity contribution in [1.82, 2.24) is 0 Å². The first kappa shape index (κ1) is 16.1. The number of nitrogens with zero attached hydrogens (tertiary/aromatic N) is 2. The molecule has 2 rings (SSSR count). The Kier molecular flexibility index (Phi) is 7.04. The Morgan fingerprint density at radius 1 is 1.05 bits per heavy atom. The highest BCUT2D eigenvalue weighted by Crippen LogP contribution is 2.37. The molecule has 0 saturated carbocycles. The van der Waals surface area contributed by atoms with Crippen LogP contribution in [0.15, 0.2) is 21.3 Å². The van der Waals surface area contributed by atoms with Crippen molar-refractivity contribution in [2.24, 2.45) is 15.4 Å².